The van der Waals surface area contributed by atoms with E-state index >= 15 is 0 Å². The van der Waals surface area contributed by atoms with E-state index in [0.717, 1.165) is 15.8 Å². The van der Waals surface area contributed by atoms with Crippen molar-refractivity contribution in [1.82, 2.24) is 10.3 Å². The molecule has 2 heterocycles. The minimum absolute atomic E-state index is 0.174. The second-order valence-corrected chi connectivity index (χ2v) is 4.90. The second kappa shape index (κ2) is 5.32. The normalized spacial score (nSPS) is 10.8. The summed E-state index contributed by atoms with van der Waals surface area (Å²) in [6.45, 7) is 2.91. The van der Waals surface area contributed by atoms with Gasteiger partial charge in [0.2, 0.25) is 0 Å². The first kappa shape index (κ1) is 12.8. The van der Waals surface area contributed by atoms with Gasteiger partial charge in [0.15, 0.2) is 0 Å². The first-order valence-corrected chi connectivity index (χ1v) is 6.37. The summed E-state index contributed by atoms with van der Waals surface area (Å²) >= 11 is 1.32. The van der Waals surface area contributed by atoms with Crippen molar-refractivity contribution < 1.29 is 9.53 Å². The lowest BCUT2D eigenvalue weighted by Crippen LogP contribution is -2.26. The van der Waals surface area contributed by atoms with E-state index in [4.69, 9.17) is 10.5 Å². The van der Waals surface area contributed by atoms with Gasteiger partial charge in [0.25, 0.3) is 5.91 Å². The van der Waals surface area contributed by atoms with Crippen molar-refractivity contribution in [3.63, 3.8) is 0 Å². The molecule has 0 aliphatic rings. The molecular weight excluding hydrogens is 250 g/mol. The summed E-state index contributed by atoms with van der Waals surface area (Å²) in [6.07, 6.45) is 1.72. The number of amides is 1. The van der Waals surface area contributed by atoms with Gasteiger partial charge in [-0.2, -0.15) is 0 Å². The third-order valence-corrected chi connectivity index (χ3v) is 3.75. The van der Waals surface area contributed by atoms with Crippen molar-refractivity contribution in [2.75, 3.05) is 26.0 Å². The number of thiophene rings is 1. The zero-order valence-electron chi connectivity index (χ0n) is 10.3. The lowest BCUT2D eigenvalue weighted by atomic mass is 10.2. The fourth-order valence-corrected chi connectivity index (χ4v) is 2.78. The van der Waals surface area contributed by atoms with E-state index in [2.05, 4.69) is 10.3 Å². The molecule has 1 amide bonds. The van der Waals surface area contributed by atoms with E-state index in [-0.39, 0.29) is 5.91 Å². The molecule has 6 heteroatoms. The van der Waals surface area contributed by atoms with Crippen LogP contribution in [0.15, 0.2) is 12.3 Å². The number of hydrogen-bond acceptors (Lipinski definition) is 5. The number of ether oxygens (including phenoxy) is 1. The summed E-state index contributed by atoms with van der Waals surface area (Å²) in [5, 5.41) is 3.63. The molecule has 0 spiro atoms. The quantitative estimate of drug-likeness (QED) is 0.822. The van der Waals surface area contributed by atoms with Gasteiger partial charge in [0.1, 0.15) is 9.71 Å². The van der Waals surface area contributed by atoms with Crippen molar-refractivity contribution >= 4 is 33.1 Å². The largest absolute Gasteiger partial charge is 0.397 e. The van der Waals surface area contributed by atoms with Crippen LogP contribution in [0.25, 0.3) is 10.2 Å². The molecule has 96 valence electrons. The monoisotopic (exact) mass is 265 g/mol. The van der Waals surface area contributed by atoms with Gasteiger partial charge in [0, 0.05) is 25.2 Å². The Morgan fingerprint density at radius 1 is 1.61 bits per heavy atom. The van der Waals surface area contributed by atoms with Crippen molar-refractivity contribution in [2.45, 2.75) is 6.92 Å². The maximum absolute atomic E-state index is 12.0. The zero-order chi connectivity index (χ0) is 13.1. The first-order valence-electron chi connectivity index (χ1n) is 5.56. The molecule has 0 aliphatic heterocycles. The Labute approximate surface area is 109 Å². The number of aryl methyl sites for hydroxylation is 1. The number of anilines is 1. The van der Waals surface area contributed by atoms with Crippen LogP contribution in [-0.2, 0) is 4.74 Å². The summed E-state index contributed by atoms with van der Waals surface area (Å²) in [7, 11) is 1.59. The number of aromatic nitrogens is 1. The van der Waals surface area contributed by atoms with Gasteiger partial charge in [-0.25, -0.2) is 4.98 Å². The van der Waals surface area contributed by atoms with Gasteiger partial charge in [-0.15, -0.1) is 11.3 Å². The predicted octanol–water partition coefficient (Wildman–Crippen LogP) is 1.56. The predicted molar refractivity (Wildman–Crippen MR) is 73.0 cm³/mol. The molecule has 18 heavy (non-hydrogen) atoms. The highest BCUT2D eigenvalue weighted by molar-refractivity contribution is 7.21. The van der Waals surface area contributed by atoms with Gasteiger partial charge in [0.05, 0.1) is 12.3 Å². The van der Waals surface area contributed by atoms with Crippen LogP contribution in [-0.4, -0.2) is 31.2 Å². The third kappa shape index (κ3) is 2.30. The molecule has 0 unspecified atom stereocenters. The summed E-state index contributed by atoms with van der Waals surface area (Å²) in [5.74, 6) is -0.174. The molecular formula is C12H15N3O2S. The number of hydrogen-bond donors (Lipinski definition) is 2. The van der Waals surface area contributed by atoms with Gasteiger partial charge in [-0.3, -0.25) is 4.79 Å². The number of nitrogens with one attached hydrogen (secondary N) is 1. The molecule has 0 fully saturated rings. The van der Waals surface area contributed by atoms with E-state index < -0.39 is 0 Å². The zero-order valence-corrected chi connectivity index (χ0v) is 11.1. The third-order valence-electron chi connectivity index (χ3n) is 2.64. The van der Waals surface area contributed by atoms with Crippen LogP contribution in [0.2, 0.25) is 0 Å². The Kier molecular flexibility index (Phi) is 3.78. The highest BCUT2D eigenvalue weighted by Crippen LogP contribution is 2.33. The fourth-order valence-electron chi connectivity index (χ4n) is 1.72. The first-order chi connectivity index (χ1) is 8.65. The second-order valence-electron chi connectivity index (χ2n) is 3.90. The molecule has 0 radical (unpaired) electrons. The molecule has 0 aliphatic carbocycles. The number of fused-ring (bicyclic) bond motifs is 1. The summed E-state index contributed by atoms with van der Waals surface area (Å²) < 4.78 is 4.88. The van der Waals surface area contributed by atoms with Gasteiger partial charge < -0.3 is 15.8 Å². The minimum atomic E-state index is -0.174. The standard InChI is InChI=1S/C12H15N3O2S/c1-7-3-4-15-12-8(7)9(13)10(18-12)11(16)14-5-6-17-2/h3-4H,5-6,13H2,1-2H3,(H,14,16). The van der Waals surface area contributed by atoms with E-state index in [0.29, 0.717) is 23.7 Å². The van der Waals surface area contributed by atoms with Crippen molar-refractivity contribution in [1.29, 1.82) is 0 Å². The van der Waals surface area contributed by atoms with Crippen LogP contribution in [0.4, 0.5) is 5.69 Å². The number of nitrogen functional groups attached to an aromatic ring is 1. The Morgan fingerprint density at radius 3 is 3.06 bits per heavy atom. The van der Waals surface area contributed by atoms with Crippen LogP contribution in [0, 0.1) is 6.92 Å². The number of carbonyl (C=O) groups is 1. The Morgan fingerprint density at radius 2 is 2.39 bits per heavy atom. The summed E-state index contributed by atoms with van der Waals surface area (Å²) in [5.41, 5.74) is 7.57. The lowest BCUT2D eigenvalue weighted by molar-refractivity contribution is 0.0942. The smallest absolute Gasteiger partial charge is 0.263 e. The number of nitrogens with zero attached hydrogens (tertiary/aromatic N) is 1. The molecule has 0 bridgehead atoms. The molecule has 5 nitrogen and oxygen atoms in total. The number of carbonyl (C=O) groups excluding carboxylic acids is 1. The topological polar surface area (TPSA) is 77.2 Å². The van der Waals surface area contributed by atoms with E-state index in [1.807, 2.05) is 13.0 Å². The summed E-state index contributed by atoms with van der Waals surface area (Å²) in [6, 6.07) is 1.89. The Hall–Kier alpha value is -1.66. The average molecular weight is 265 g/mol. The molecule has 0 atom stereocenters. The van der Waals surface area contributed by atoms with Gasteiger partial charge in [-0.05, 0) is 18.6 Å². The SMILES string of the molecule is COCCNC(=O)c1sc2nccc(C)c2c1N. The molecule has 3 N–H and O–H groups in total. The maximum atomic E-state index is 12.0. The van der Waals surface area contributed by atoms with Crippen molar-refractivity contribution in [3.8, 4) is 0 Å². The number of rotatable bonds is 4. The maximum Gasteiger partial charge on any atom is 0.263 e. The van der Waals surface area contributed by atoms with Crippen molar-refractivity contribution in [3.05, 3.63) is 22.7 Å². The highest BCUT2D eigenvalue weighted by atomic mass is 32.1. The molecule has 0 saturated heterocycles. The fraction of sp³-hybridized carbons (Fsp3) is 0.333. The lowest BCUT2D eigenvalue weighted by Gasteiger charge is -2.03. The van der Waals surface area contributed by atoms with E-state index in [9.17, 15) is 4.79 Å². The molecule has 2 aromatic rings. The van der Waals surface area contributed by atoms with Gasteiger partial charge >= 0.3 is 0 Å². The number of nitrogens with two attached hydrogens (primary N) is 1. The summed E-state index contributed by atoms with van der Waals surface area (Å²) in [4.78, 5) is 17.5. The number of methoxy groups -OCH3 is 1. The van der Waals surface area contributed by atoms with Crippen molar-refractivity contribution in [2.24, 2.45) is 0 Å². The highest BCUT2D eigenvalue weighted by Gasteiger charge is 2.17. The van der Waals surface area contributed by atoms with Crippen LogP contribution >= 0.6 is 11.3 Å². The van der Waals surface area contributed by atoms with Crippen LogP contribution < -0.4 is 11.1 Å². The van der Waals surface area contributed by atoms with Gasteiger partial charge in [-0.1, -0.05) is 0 Å². The molecule has 2 aromatic heterocycles. The Balaban J connectivity index is 2.31. The average Bonchev–Trinajstić information content (AvgIpc) is 2.68. The van der Waals surface area contributed by atoms with E-state index in [1.165, 1.54) is 11.3 Å². The molecule has 2 rings (SSSR count). The Bertz CT molecular complexity index is 580. The minimum Gasteiger partial charge on any atom is -0.397 e. The van der Waals surface area contributed by atoms with E-state index in [1.54, 1.807) is 13.3 Å². The molecule has 0 aromatic carbocycles. The van der Waals surface area contributed by atoms with Crippen LogP contribution in [0.5, 0.6) is 0 Å². The van der Waals surface area contributed by atoms with Crippen LogP contribution in [0.3, 0.4) is 0 Å². The van der Waals surface area contributed by atoms with Crippen LogP contribution in [0.1, 0.15) is 15.2 Å². The number of pyridine rings is 1. The molecule has 0 saturated carbocycles.